The highest BCUT2D eigenvalue weighted by Gasteiger charge is 2.35. The Morgan fingerprint density at radius 2 is 1.33 bits per heavy atom. The lowest BCUT2D eigenvalue weighted by atomic mass is 9.94. The second-order valence-electron chi connectivity index (χ2n) is 12.9. The van der Waals surface area contributed by atoms with Crippen LogP contribution < -0.4 is 14.4 Å². The zero-order chi connectivity index (χ0) is 36.3. The van der Waals surface area contributed by atoms with Crippen molar-refractivity contribution in [2.75, 3.05) is 10.8 Å². The van der Waals surface area contributed by atoms with E-state index in [-0.39, 0.29) is 35.5 Å². The van der Waals surface area contributed by atoms with E-state index in [1.807, 2.05) is 66.7 Å². The monoisotopic (exact) mass is 735 g/mol. The number of benzene rings is 5. The van der Waals surface area contributed by atoms with E-state index in [1.54, 1.807) is 60.7 Å². The standard InChI is InChI=1S/C42H42ClN3O5S/c43-34-17-13-16-33(28-34)30-45(40(29-32-14-5-1-6-15-32)42(48)44-35-18-7-2-8-19-35)41(47)31-46(52(49,50)39-22-11-4-12-23-39)36-24-26-38(27-25-36)51-37-20-9-3-10-21-37/h1,3-6,9-17,20-28,35,40H,2,7-8,18-19,29-31H2,(H,44,48). The quantitative estimate of drug-likeness (QED) is 0.124. The maximum absolute atomic E-state index is 14.8. The summed E-state index contributed by atoms with van der Waals surface area (Å²) in [5.74, 6) is 0.324. The SMILES string of the molecule is O=C(NC1CCCCC1)C(Cc1ccccc1)N(Cc1cccc(Cl)c1)C(=O)CN(c1ccc(Oc2ccccc2)cc1)S(=O)(=O)c1ccccc1. The molecule has 0 bridgehead atoms. The van der Waals surface area contributed by atoms with Crippen LogP contribution in [0.4, 0.5) is 5.69 Å². The number of amides is 2. The fraction of sp³-hybridized carbons (Fsp3) is 0.238. The fourth-order valence-electron chi connectivity index (χ4n) is 6.48. The molecule has 1 N–H and O–H groups in total. The summed E-state index contributed by atoms with van der Waals surface area (Å²) in [6.07, 6.45) is 5.17. The number of ether oxygens (including phenoxy) is 1. The lowest BCUT2D eigenvalue weighted by molar-refractivity contribution is -0.140. The second-order valence-corrected chi connectivity index (χ2v) is 15.2. The van der Waals surface area contributed by atoms with Crippen LogP contribution in [0, 0.1) is 0 Å². The maximum atomic E-state index is 14.8. The Hall–Kier alpha value is -5.12. The number of carbonyl (C=O) groups excluding carboxylic acids is 2. The van der Waals surface area contributed by atoms with E-state index in [0.29, 0.717) is 22.1 Å². The van der Waals surface area contributed by atoms with Gasteiger partial charge in [-0.2, -0.15) is 0 Å². The van der Waals surface area contributed by atoms with E-state index in [9.17, 15) is 18.0 Å². The number of sulfonamides is 1. The van der Waals surface area contributed by atoms with Crippen molar-refractivity contribution in [1.29, 1.82) is 0 Å². The van der Waals surface area contributed by atoms with Gasteiger partial charge in [0.15, 0.2) is 0 Å². The summed E-state index contributed by atoms with van der Waals surface area (Å²) in [6, 6.07) is 39.6. The van der Waals surface area contributed by atoms with Crippen LogP contribution in [-0.2, 0) is 32.6 Å². The summed E-state index contributed by atoms with van der Waals surface area (Å²) in [5, 5.41) is 3.72. The van der Waals surface area contributed by atoms with E-state index in [2.05, 4.69) is 5.32 Å². The molecule has 0 radical (unpaired) electrons. The van der Waals surface area contributed by atoms with Crippen LogP contribution in [0.5, 0.6) is 11.5 Å². The number of halogens is 1. The van der Waals surface area contributed by atoms with E-state index in [0.717, 1.165) is 42.0 Å². The van der Waals surface area contributed by atoms with Crippen LogP contribution in [0.3, 0.4) is 0 Å². The zero-order valence-electron chi connectivity index (χ0n) is 28.8. The number of nitrogens with zero attached hydrogens (tertiary/aromatic N) is 2. The van der Waals surface area contributed by atoms with E-state index < -0.39 is 28.5 Å². The molecule has 0 heterocycles. The highest BCUT2D eigenvalue weighted by atomic mass is 35.5. The third kappa shape index (κ3) is 9.60. The molecule has 1 aliphatic rings. The molecule has 1 fully saturated rings. The van der Waals surface area contributed by atoms with Crippen molar-refractivity contribution in [3.8, 4) is 11.5 Å². The first-order valence-electron chi connectivity index (χ1n) is 17.6. The van der Waals surface area contributed by atoms with Crippen molar-refractivity contribution in [3.05, 3.63) is 156 Å². The number of nitrogens with one attached hydrogen (secondary N) is 1. The Labute approximate surface area is 311 Å². The van der Waals surface area contributed by atoms with Gasteiger partial charge in [-0.15, -0.1) is 0 Å². The smallest absolute Gasteiger partial charge is 0.264 e. The molecule has 0 aliphatic heterocycles. The number of carbonyl (C=O) groups is 2. The van der Waals surface area contributed by atoms with Crippen LogP contribution in [0.15, 0.2) is 144 Å². The Bertz CT molecular complexity index is 2030. The summed E-state index contributed by atoms with van der Waals surface area (Å²) in [7, 11) is -4.24. The Morgan fingerprint density at radius 3 is 1.98 bits per heavy atom. The Balaban J connectivity index is 1.38. The van der Waals surface area contributed by atoms with Gasteiger partial charge in [-0.05, 0) is 84.6 Å². The molecule has 10 heteroatoms. The molecule has 0 saturated heterocycles. The average molecular weight is 736 g/mol. The van der Waals surface area contributed by atoms with Gasteiger partial charge in [0, 0.05) is 24.0 Å². The summed E-state index contributed by atoms with van der Waals surface area (Å²) in [4.78, 5) is 30.6. The lowest BCUT2D eigenvalue weighted by Crippen LogP contribution is -2.55. The van der Waals surface area contributed by atoms with Crippen LogP contribution in [0.2, 0.25) is 5.02 Å². The van der Waals surface area contributed by atoms with Crippen LogP contribution in [0.25, 0.3) is 0 Å². The summed E-state index contributed by atoms with van der Waals surface area (Å²) in [6.45, 7) is -0.517. The minimum atomic E-state index is -4.24. The number of para-hydroxylation sites is 1. The molecule has 1 saturated carbocycles. The average Bonchev–Trinajstić information content (AvgIpc) is 3.17. The summed E-state index contributed by atoms with van der Waals surface area (Å²) < 4.78 is 35.8. The van der Waals surface area contributed by atoms with Gasteiger partial charge < -0.3 is 15.0 Å². The van der Waals surface area contributed by atoms with Gasteiger partial charge >= 0.3 is 0 Å². The number of rotatable bonds is 14. The van der Waals surface area contributed by atoms with E-state index in [4.69, 9.17) is 16.3 Å². The molecular weight excluding hydrogens is 694 g/mol. The first kappa shape index (κ1) is 36.7. The molecule has 0 aromatic heterocycles. The van der Waals surface area contributed by atoms with Crippen molar-refractivity contribution < 1.29 is 22.7 Å². The number of hydrogen-bond donors (Lipinski definition) is 1. The van der Waals surface area contributed by atoms with Gasteiger partial charge in [0.25, 0.3) is 10.0 Å². The molecule has 5 aromatic rings. The third-order valence-corrected chi connectivity index (χ3v) is 11.2. The molecule has 6 rings (SSSR count). The highest BCUT2D eigenvalue weighted by Crippen LogP contribution is 2.29. The number of anilines is 1. The summed E-state index contributed by atoms with van der Waals surface area (Å²) >= 11 is 6.38. The molecule has 268 valence electrons. The minimum absolute atomic E-state index is 0.00854. The van der Waals surface area contributed by atoms with Gasteiger partial charge in [0.05, 0.1) is 10.6 Å². The van der Waals surface area contributed by atoms with Crippen LogP contribution in [-0.4, -0.2) is 43.8 Å². The Morgan fingerprint density at radius 1 is 0.731 bits per heavy atom. The molecule has 52 heavy (non-hydrogen) atoms. The molecule has 2 amide bonds. The van der Waals surface area contributed by atoms with Gasteiger partial charge in [-0.1, -0.05) is 110 Å². The molecule has 5 aromatic carbocycles. The van der Waals surface area contributed by atoms with Crippen molar-refractivity contribution in [2.45, 2.75) is 62.0 Å². The predicted molar refractivity (Wildman–Crippen MR) is 205 cm³/mol. The molecule has 0 spiro atoms. The first-order chi connectivity index (χ1) is 25.3. The Kier molecular flexibility index (Phi) is 12.3. The van der Waals surface area contributed by atoms with Gasteiger partial charge in [0.1, 0.15) is 24.1 Å². The van der Waals surface area contributed by atoms with Gasteiger partial charge in [-0.3, -0.25) is 13.9 Å². The third-order valence-electron chi connectivity index (χ3n) is 9.18. The normalized spacial score (nSPS) is 13.9. The van der Waals surface area contributed by atoms with Crippen molar-refractivity contribution in [2.24, 2.45) is 0 Å². The van der Waals surface area contributed by atoms with Crippen LogP contribution in [0.1, 0.15) is 43.2 Å². The lowest BCUT2D eigenvalue weighted by Gasteiger charge is -2.35. The predicted octanol–water partition coefficient (Wildman–Crippen LogP) is 8.42. The summed E-state index contributed by atoms with van der Waals surface area (Å²) in [5.41, 5.74) is 1.86. The molecular formula is C42H42ClN3O5S. The molecule has 1 aliphatic carbocycles. The zero-order valence-corrected chi connectivity index (χ0v) is 30.4. The van der Waals surface area contributed by atoms with E-state index >= 15 is 0 Å². The van der Waals surface area contributed by atoms with Gasteiger partial charge in [0.2, 0.25) is 11.8 Å². The molecule has 1 atom stereocenters. The number of hydrogen-bond acceptors (Lipinski definition) is 5. The molecule has 8 nitrogen and oxygen atoms in total. The fourth-order valence-corrected chi connectivity index (χ4v) is 8.13. The second kappa shape index (κ2) is 17.4. The molecule has 1 unspecified atom stereocenters. The van der Waals surface area contributed by atoms with Crippen molar-refractivity contribution in [1.82, 2.24) is 10.2 Å². The maximum Gasteiger partial charge on any atom is 0.264 e. The van der Waals surface area contributed by atoms with E-state index in [1.165, 1.54) is 17.0 Å². The van der Waals surface area contributed by atoms with Crippen molar-refractivity contribution in [3.63, 3.8) is 0 Å². The topological polar surface area (TPSA) is 96.0 Å². The van der Waals surface area contributed by atoms with Crippen molar-refractivity contribution >= 4 is 39.1 Å². The largest absolute Gasteiger partial charge is 0.457 e. The minimum Gasteiger partial charge on any atom is -0.457 e. The highest BCUT2D eigenvalue weighted by molar-refractivity contribution is 7.92. The van der Waals surface area contributed by atoms with Gasteiger partial charge in [-0.25, -0.2) is 8.42 Å². The van der Waals surface area contributed by atoms with Crippen LogP contribution >= 0.6 is 11.6 Å². The first-order valence-corrected chi connectivity index (χ1v) is 19.4.